The summed E-state index contributed by atoms with van der Waals surface area (Å²) in [6.07, 6.45) is 0. The first kappa shape index (κ1) is 17.8. The second-order valence-corrected chi connectivity index (χ2v) is 6.62. The summed E-state index contributed by atoms with van der Waals surface area (Å²) in [5, 5.41) is 14.5. The quantitative estimate of drug-likeness (QED) is 0.452. The van der Waals surface area contributed by atoms with Crippen molar-refractivity contribution in [1.82, 2.24) is 0 Å². The van der Waals surface area contributed by atoms with Crippen LogP contribution in [-0.2, 0) is 0 Å². The van der Waals surface area contributed by atoms with Crippen molar-refractivity contribution in [2.24, 2.45) is 0 Å². The molecule has 8 heteroatoms. The zero-order valence-corrected chi connectivity index (χ0v) is 15.3. The van der Waals surface area contributed by atoms with Crippen LogP contribution >= 0.6 is 11.6 Å². The molecule has 0 bridgehead atoms. The minimum absolute atomic E-state index is 0.0180. The van der Waals surface area contributed by atoms with Crippen LogP contribution in [0.15, 0.2) is 54.6 Å². The Balaban J connectivity index is 1.85. The third-order valence-corrected chi connectivity index (χ3v) is 4.38. The number of nitrogens with zero attached hydrogens (tertiary/aromatic N) is 1. The molecule has 0 aliphatic carbocycles. The Morgan fingerprint density at radius 2 is 1.82 bits per heavy atom. The van der Waals surface area contributed by atoms with Crippen molar-refractivity contribution in [2.45, 2.75) is 6.92 Å². The number of non-ortho nitro benzene ring substituents is 1. The standard InChI is InChI=1S/C20H13ClN2O5/c1-11-2-5-14(6-3-11)27-17-9-13(23(25)26)10-18-19(17)20(24)22-15-8-12(21)4-7-16(15)28-18/h2-10H,1H3,(H,22,24). The summed E-state index contributed by atoms with van der Waals surface area (Å²) >= 11 is 5.99. The van der Waals surface area contributed by atoms with Gasteiger partial charge in [-0.15, -0.1) is 0 Å². The number of nitrogens with one attached hydrogen (secondary N) is 1. The molecular formula is C20H13ClN2O5. The van der Waals surface area contributed by atoms with Gasteiger partial charge in [-0.1, -0.05) is 29.3 Å². The fraction of sp³-hybridized carbons (Fsp3) is 0.0500. The van der Waals surface area contributed by atoms with Crippen molar-refractivity contribution in [2.75, 3.05) is 5.32 Å². The first-order valence-electron chi connectivity index (χ1n) is 8.26. The lowest BCUT2D eigenvalue weighted by atomic mass is 10.1. The lowest BCUT2D eigenvalue weighted by Crippen LogP contribution is -2.12. The molecule has 1 N–H and O–H groups in total. The highest BCUT2D eigenvalue weighted by Crippen LogP contribution is 2.43. The summed E-state index contributed by atoms with van der Waals surface area (Å²) in [5.41, 5.74) is 1.18. The Morgan fingerprint density at radius 3 is 2.54 bits per heavy atom. The van der Waals surface area contributed by atoms with E-state index in [1.807, 2.05) is 19.1 Å². The lowest BCUT2D eigenvalue weighted by Gasteiger charge is -2.12. The minimum atomic E-state index is -0.572. The number of benzene rings is 3. The minimum Gasteiger partial charge on any atom is -0.456 e. The first-order chi connectivity index (χ1) is 13.4. The highest BCUT2D eigenvalue weighted by Gasteiger charge is 2.29. The second kappa shape index (κ2) is 6.86. The maximum Gasteiger partial charge on any atom is 0.276 e. The Hall–Kier alpha value is -3.58. The summed E-state index contributed by atoms with van der Waals surface area (Å²) in [7, 11) is 0. The molecule has 0 fully saturated rings. The van der Waals surface area contributed by atoms with Crippen molar-refractivity contribution >= 4 is 28.9 Å². The van der Waals surface area contributed by atoms with Gasteiger partial charge in [-0.2, -0.15) is 0 Å². The highest BCUT2D eigenvalue weighted by atomic mass is 35.5. The van der Waals surface area contributed by atoms with E-state index in [-0.39, 0.29) is 22.7 Å². The molecule has 1 heterocycles. The first-order valence-corrected chi connectivity index (χ1v) is 8.64. The molecule has 0 spiro atoms. The van der Waals surface area contributed by atoms with Crippen molar-refractivity contribution < 1.29 is 19.2 Å². The molecule has 0 unspecified atom stereocenters. The average molecular weight is 397 g/mol. The molecule has 28 heavy (non-hydrogen) atoms. The van der Waals surface area contributed by atoms with Crippen LogP contribution in [0.3, 0.4) is 0 Å². The molecule has 0 saturated heterocycles. The van der Waals surface area contributed by atoms with Crippen LogP contribution in [0.1, 0.15) is 15.9 Å². The Kier molecular flexibility index (Phi) is 4.37. The summed E-state index contributed by atoms with van der Waals surface area (Å²) in [5.74, 6) is 0.275. The van der Waals surface area contributed by atoms with Gasteiger partial charge >= 0.3 is 0 Å². The molecule has 4 rings (SSSR count). The van der Waals surface area contributed by atoms with Crippen LogP contribution in [0.2, 0.25) is 5.02 Å². The molecule has 0 saturated carbocycles. The number of amides is 1. The van der Waals surface area contributed by atoms with Gasteiger partial charge in [0.2, 0.25) is 0 Å². The maximum absolute atomic E-state index is 12.8. The number of halogens is 1. The third kappa shape index (κ3) is 3.35. The van der Waals surface area contributed by atoms with Gasteiger partial charge in [0.05, 0.1) is 22.7 Å². The van der Waals surface area contributed by atoms with Crippen LogP contribution in [0.4, 0.5) is 11.4 Å². The van der Waals surface area contributed by atoms with Gasteiger partial charge in [-0.25, -0.2) is 0 Å². The number of anilines is 1. The number of rotatable bonds is 3. The van der Waals surface area contributed by atoms with Crippen LogP contribution in [0.5, 0.6) is 23.0 Å². The molecular weight excluding hydrogens is 384 g/mol. The summed E-state index contributed by atoms with van der Waals surface area (Å²) < 4.78 is 11.6. The van der Waals surface area contributed by atoms with Crippen molar-refractivity contribution in [3.05, 3.63) is 80.9 Å². The second-order valence-electron chi connectivity index (χ2n) is 6.19. The van der Waals surface area contributed by atoms with Gasteiger partial charge in [0.25, 0.3) is 11.6 Å². The molecule has 7 nitrogen and oxygen atoms in total. The van der Waals surface area contributed by atoms with Crippen molar-refractivity contribution in [3.8, 4) is 23.0 Å². The monoisotopic (exact) mass is 396 g/mol. The van der Waals surface area contributed by atoms with Crippen molar-refractivity contribution in [3.63, 3.8) is 0 Å². The fourth-order valence-corrected chi connectivity index (χ4v) is 2.96. The molecule has 140 valence electrons. The molecule has 1 aliphatic heterocycles. The van der Waals surface area contributed by atoms with E-state index in [4.69, 9.17) is 21.1 Å². The zero-order chi connectivity index (χ0) is 19.8. The Labute approximate surface area is 164 Å². The number of nitro benzene ring substituents is 1. The zero-order valence-electron chi connectivity index (χ0n) is 14.6. The predicted molar refractivity (Wildman–Crippen MR) is 104 cm³/mol. The predicted octanol–water partition coefficient (Wildman–Crippen LogP) is 5.71. The maximum atomic E-state index is 12.8. The van der Waals surface area contributed by atoms with Gasteiger partial charge in [0.15, 0.2) is 17.2 Å². The summed E-state index contributed by atoms with van der Waals surface area (Å²) in [6, 6.07) is 14.2. The third-order valence-electron chi connectivity index (χ3n) is 4.15. The van der Waals surface area contributed by atoms with Gasteiger partial charge < -0.3 is 14.8 Å². The van der Waals surface area contributed by atoms with E-state index in [0.29, 0.717) is 22.2 Å². The van der Waals surface area contributed by atoms with E-state index in [9.17, 15) is 14.9 Å². The lowest BCUT2D eigenvalue weighted by molar-refractivity contribution is -0.385. The number of hydrogen-bond acceptors (Lipinski definition) is 5. The molecule has 0 aromatic heterocycles. The Morgan fingerprint density at radius 1 is 1.07 bits per heavy atom. The van der Waals surface area contributed by atoms with E-state index in [1.54, 1.807) is 24.3 Å². The number of aryl methyl sites for hydroxylation is 1. The molecule has 3 aromatic rings. The van der Waals surface area contributed by atoms with E-state index in [2.05, 4.69) is 5.32 Å². The van der Waals surface area contributed by atoms with Gasteiger partial charge in [-0.05, 0) is 37.3 Å². The van der Waals surface area contributed by atoms with E-state index in [0.717, 1.165) is 5.56 Å². The fourth-order valence-electron chi connectivity index (χ4n) is 2.79. The normalized spacial score (nSPS) is 12.1. The smallest absolute Gasteiger partial charge is 0.276 e. The SMILES string of the molecule is Cc1ccc(Oc2cc([N+](=O)[O-])cc3c2C(=O)Nc2cc(Cl)ccc2O3)cc1. The van der Waals surface area contributed by atoms with Crippen LogP contribution < -0.4 is 14.8 Å². The van der Waals surface area contributed by atoms with Crippen LogP contribution in [0.25, 0.3) is 0 Å². The van der Waals surface area contributed by atoms with E-state index >= 15 is 0 Å². The number of hydrogen-bond donors (Lipinski definition) is 1. The van der Waals surface area contributed by atoms with Crippen LogP contribution in [0, 0.1) is 17.0 Å². The Bertz CT molecular complexity index is 1110. The van der Waals surface area contributed by atoms with Gasteiger partial charge in [0.1, 0.15) is 11.3 Å². The van der Waals surface area contributed by atoms with Gasteiger partial charge in [-0.3, -0.25) is 14.9 Å². The van der Waals surface area contributed by atoms with Crippen LogP contribution in [-0.4, -0.2) is 10.8 Å². The number of carbonyl (C=O) groups is 1. The van der Waals surface area contributed by atoms with Gasteiger partial charge in [0, 0.05) is 5.02 Å². The molecule has 1 aliphatic rings. The average Bonchev–Trinajstić information content (AvgIpc) is 2.79. The summed E-state index contributed by atoms with van der Waals surface area (Å²) in [4.78, 5) is 23.6. The number of ether oxygens (including phenoxy) is 2. The largest absolute Gasteiger partial charge is 0.456 e. The number of nitro groups is 1. The molecule has 1 amide bonds. The molecule has 0 atom stereocenters. The van der Waals surface area contributed by atoms with Crippen molar-refractivity contribution in [1.29, 1.82) is 0 Å². The molecule has 0 radical (unpaired) electrons. The topological polar surface area (TPSA) is 90.7 Å². The summed E-state index contributed by atoms with van der Waals surface area (Å²) in [6.45, 7) is 1.92. The highest BCUT2D eigenvalue weighted by molar-refractivity contribution is 6.31. The van der Waals surface area contributed by atoms with E-state index in [1.165, 1.54) is 18.2 Å². The van der Waals surface area contributed by atoms with E-state index < -0.39 is 10.8 Å². The molecule has 3 aromatic carbocycles. The number of fused-ring (bicyclic) bond motifs is 2. The number of carbonyl (C=O) groups excluding carboxylic acids is 1.